The van der Waals surface area contributed by atoms with Gasteiger partial charge in [0.2, 0.25) is 5.91 Å². The Morgan fingerprint density at radius 1 is 1.20 bits per heavy atom. The van der Waals surface area contributed by atoms with Gasteiger partial charge in [-0.25, -0.2) is 9.37 Å². The van der Waals surface area contributed by atoms with Crippen molar-refractivity contribution in [1.29, 1.82) is 5.26 Å². The van der Waals surface area contributed by atoms with E-state index in [0.717, 1.165) is 42.6 Å². The highest BCUT2D eigenvalue weighted by molar-refractivity contribution is 5.78. The van der Waals surface area contributed by atoms with E-state index in [0.29, 0.717) is 18.7 Å². The van der Waals surface area contributed by atoms with Gasteiger partial charge >= 0.3 is 0 Å². The number of hydrogen-bond donors (Lipinski definition) is 0. The molecule has 2 aliphatic heterocycles. The van der Waals surface area contributed by atoms with Gasteiger partial charge < -0.3 is 14.5 Å². The predicted octanol–water partition coefficient (Wildman–Crippen LogP) is 2.98. The molecule has 2 bridgehead atoms. The van der Waals surface area contributed by atoms with Crippen molar-refractivity contribution in [2.75, 3.05) is 24.6 Å². The lowest BCUT2D eigenvalue weighted by Crippen LogP contribution is -2.56. The summed E-state index contributed by atoms with van der Waals surface area (Å²) in [4.78, 5) is 21.5. The molecule has 2 unspecified atom stereocenters. The molecule has 1 aromatic carbocycles. The summed E-state index contributed by atoms with van der Waals surface area (Å²) in [6, 6.07) is 11.0. The molecule has 0 saturated carbocycles. The summed E-state index contributed by atoms with van der Waals surface area (Å²) in [5.41, 5.74) is 2.53. The molecule has 0 spiro atoms. The minimum atomic E-state index is -0.264. The average molecular weight is 406 g/mol. The summed E-state index contributed by atoms with van der Waals surface area (Å²) in [5.74, 6) is 0.596. The lowest BCUT2D eigenvalue weighted by molar-refractivity contribution is -0.139. The first-order chi connectivity index (χ1) is 14.6. The molecule has 7 heteroatoms. The van der Waals surface area contributed by atoms with Gasteiger partial charge in [-0.05, 0) is 61.1 Å². The summed E-state index contributed by atoms with van der Waals surface area (Å²) in [6.07, 6.45) is 5.08. The number of nitriles is 1. The Morgan fingerprint density at radius 3 is 2.70 bits per heavy atom. The first-order valence-corrected chi connectivity index (χ1v) is 10.4. The van der Waals surface area contributed by atoms with Gasteiger partial charge in [-0.3, -0.25) is 4.79 Å². The fourth-order valence-electron chi connectivity index (χ4n) is 5.06. The molecular weight excluding hydrogens is 383 g/mol. The number of ether oxygens (including phenoxy) is 1. The minimum Gasteiger partial charge on any atom is -0.364 e. The Hall–Kier alpha value is -2.98. The fraction of sp³-hybridized carbons (Fsp3) is 0.435. The Kier molecular flexibility index (Phi) is 4.87. The van der Waals surface area contributed by atoms with E-state index in [9.17, 15) is 9.18 Å². The maximum atomic E-state index is 13.6. The van der Waals surface area contributed by atoms with Crippen molar-refractivity contribution in [3.63, 3.8) is 0 Å². The van der Waals surface area contributed by atoms with E-state index in [1.807, 2.05) is 17.0 Å². The van der Waals surface area contributed by atoms with Crippen LogP contribution in [0.1, 0.15) is 42.1 Å². The number of anilines is 1. The monoisotopic (exact) mass is 406 g/mol. The van der Waals surface area contributed by atoms with Crippen molar-refractivity contribution >= 4 is 11.7 Å². The number of likely N-dealkylation sites (tertiary alicyclic amines) is 1. The third-order valence-corrected chi connectivity index (χ3v) is 6.52. The summed E-state index contributed by atoms with van der Waals surface area (Å²) in [6.45, 7) is 1.32. The normalized spacial score (nSPS) is 24.6. The highest BCUT2D eigenvalue weighted by Gasteiger charge is 2.42. The second kappa shape index (κ2) is 7.69. The highest BCUT2D eigenvalue weighted by Crippen LogP contribution is 2.36. The molecule has 0 radical (unpaired) electrons. The van der Waals surface area contributed by atoms with Gasteiger partial charge in [0, 0.05) is 31.4 Å². The lowest BCUT2D eigenvalue weighted by Gasteiger charge is -2.41. The lowest BCUT2D eigenvalue weighted by atomic mass is 10.1. The summed E-state index contributed by atoms with van der Waals surface area (Å²) in [7, 11) is 0. The third kappa shape index (κ3) is 3.41. The molecular formula is C23H23FN4O2. The molecule has 6 nitrogen and oxygen atoms in total. The number of carbonyl (C=O) groups excluding carboxylic acids is 1. The maximum Gasteiger partial charge on any atom is 0.248 e. The smallest absolute Gasteiger partial charge is 0.248 e. The topological polar surface area (TPSA) is 69.5 Å². The van der Waals surface area contributed by atoms with Crippen LogP contribution in [0, 0.1) is 17.1 Å². The summed E-state index contributed by atoms with van der Waals surface area (Å²) < 4.78 is 19.5. The number of aryl methyl sites for hydroxylation is 1. The van der Waals surface area contributed by atoms with Gasteiger partial charge in [-0.15, -0.1) is 0 Å². The molecule has 30 heavy (non-hydrogen) atoms. The predicted molar refractivity (Wildman–Crippen MR) is 108 cm³/mol. The molecule has 2 fully saturated rings. The van der Waals surface area contributed by atoms with E-state index < -0.39 is 0 Å². The van der Waals surface area contributed by atoms with Crippen LogP contribution < -0.4 is 4.90 Å². The first-order valence-electron chi connectivity index (χ1n) is 10.4. The van der Waals surface area contributed by atoms with Crippen LogP contribution in [0.3, 0.4) is 0 Å². The Morgan fingerprint density at radius 2 is 2.00 bits per heavy atom. The molecule has 2 aromatic rings. The highest BCUT2D eigenvalue weighted by atomic mass is 19.1. The van der Waals surface area contributed by atoms with Crippen molar-refractivity contribution in [3.8, 4) is 6.07 Å². The second-order valence-corrected chi connectivity index (χ2v) is 8.29. The quantitative estimate of drug-likeness (QED) is 0.781. The number of nitrogens with zero attached hydrogens (tertiary/aromatic N) is 4. The van der Waals surface area contributed by atoms with Crippen LogP contribution in [0.4, 0.5) is 10.2 Å². The molecule has 2 saturated heterocycles. The van der Waals surface area contributed by atoms with E-state index in [1.54, 1.807) is 12.3 Å². The van der Waals surface area contributed by atoms with E-state index >= 15 is 0 Å². The minimum absolute atomic E-state index is 0.0100. The van der Waals surface area contributed by atoms with Gasteiger partial charge in [-0.2, -0.15) is 5.26 Å². The molecule has 5 rings (SSSR count). The number of rotatable bonds is 4. The average Bonchev–Trinajstić information content (AvgIpc) is 3.28. The number of pyridine rings is 1. The van der Waals surface area contributed by atoms with Crippen LogP contribution in [-0.4, -0.2) is 47.6 Å². The van der Waals surface area contributed by atoms with Gasteiger partial charge in [-0.1, -0.05) is 6.07 Å². The number of halogens is 1. The van der Waals surface area contributed by atoms with Crippen LogP contribution in [-0.2, 0) is 16.0 Å². The molecule has 1 aromatic heterocycles. The SMILES string of the molecule is N#Cc1ccc(N2C3CC[C@H]2CN(C(=O)COC2CCc4ccc(F)cc42)C3)nc1. The van der Waals surface area contributed by atoms with Crippen molar-refractivity contribution in [3.05, 3.63) is 59.0 Å². The maximum absolute atomic E-state index is 13.6. The molecule has 154 valence electrons. The molecule has 1 amide bonds. The van der Waals surface area contributed by atoms with Gasteiger partial charge in [0.15, 0.2) is 0 Å². The number of piperazine rings is 1. The number of hydrogen-bond acceptors (Lipinski definition) is 5. The number of amides is 1. The fourth-order valence-corrected chi connectivity index (χ4v) is 5.06. The summed E-state index contributed by atoms with van der Waals surface area (Å²) >= 11 is 0. The standard InChI is InChI=1S/C23H23FN4O2/c24-17-4-2-16-3-7-21(20(16)9-17)30-14-23(29)27-12-18-5-6-19(13-27)28(18)22-8-1-15(10-25)11-26-22/h1-2,4,8-9,11,18-19,21H,3,5-7,12-14H2/t18-,19?,21?/m0/s1. The third-order valence-electron chi connectivity index (χ3n) is 6.52. The number of fused-ring (bicyclic) bond motifs is 3. The van der Waals surface area contributed by atoms with E-state index in [2.05, 4.69) is 16.0 Å². The van der Waals surface area contributed by atoms with Crippen molar-refractivity contribution in [2.24, 2.45) is 0 Å². The Balaban J connectivity index is 1.21. The van der Waals surface area contributed by atoms with Crippen LogP contribution in [0.5, 0.6) is 0 Å². The zero-order valence-electron chi connectivity index (χ0n) is 16.6. The van der Waals surface area contributed by atoms with Crippen molar-refractivity contribution in [2.45, 2.75) is 43.9 Å². The van der Waals surface area contributed by atoms with E-state index in [-0.39, 0.29) is 36.5 Å². The van der Waals surface area contributed by atoms with Gasteiger partial charge in [0.1, 0.15) is 24.3 Å². The largest absolute Gasteiger partial charge is 0.364 e. The second-order valence-electron chi connectivity index (χ2n) is 8.29. The number of aromatic nitrogens is 1. The molecule has 3 heterocycles. The van der Waals surface area contributed by atoms with Gasteiger partial charge in [0.05, 0.1) is 11.7 Å². The van der Waals surface area contributed by atoms with Gasteiger partial charge in [0.25, 0.3) is 0 Å². The Labute approximate surface area is 174 Å². The Bertz CT molecular complexity index is 989. The molecule has 3 aliphatic rings. The van der Waals surface area contributed by atoms with Crippen LogP contribution in [0.2, 0.25) is 0 Å². The van der Waals surface area contributed by atoms with Crippen LogP contribution in [0.25, 0.3) is 0 Å². The van der Waals surface area contributed by atoms with Crippen LogP contribution >= 0.6 is 0 Å². The first kappa shape index (κ1) is 19.0. The molecule has 0 N–H and O–H groups in total. The van der Waals surface area contributed by atoms with Crippen molar-refractivity contribution < 1.29 is 13.9 Å². The number of benzene rings is 1. The van der Waals surface area contributed by atoms with Crippen LogP contribution in [0.15, 0.2) is 36.5 Å². The van der Waals surface area contributed by atoms with Crippen molar-refractivity contribution in [1.82, 2.24) is 9.88 Å². The molecule has 3 atom stereocenters. The zero-order chi connectivity index (χ0) is 20.7. The number of carbonyl (C=O) groups is 1. The summed E-state index contributed by atoms with van der Waals surface area (Å²) in [5, 5.41) is 8.97. The van der Waals surface area contributed by atoms with E-state index in [4.69, 9.17) is 10.00 Å². The van der Waals surface area contributed by atoms with E-state index in [1.165, 1.54) is 12.1 Å². The molecule has 1 aliphatic carbocycles. The zero-order valence-corrected chi connectivity index (χ0v) is 16.6.